The molecule has 28 heavy (non-hydrogen) atoms. The fourth-order valence-electron chi connectivity index (χ4n) is 2.15. The Morgan fingerprint density at radius 2 is 1.04 bits per heavy atom. The number of hydrogen-bond donors (Lipinski definition) is 0. The van der Waals surface area contributed by atoms with Gasteiger partial charge in [0, 0.05) is 34.3 Å². The van der Waals surface area contributed by atoms with Crippen LogP contribution in [0.3, 0.4) is 0 Å². The summed E-state index contributed by atoms with van der Waals surface area (Å²) in [5.74, 6) is 1.12. The molecule has 0 amide bonds. The Hall–Kier alpha value is 0.470. The van der Waals surface area contributed by atoms with Crippen LogP contribution >= 0.6 is 54.7 Å². The van der Waals surface area contributed by atoms with E-state index in [1.807, 2.05) is 39.8 Å². The van der Waals surface area contributed by atoms with Crippen molar-refractivity contribution >= 4 is 54.7 Å². The molecule has 4 atom stereocenters. The summed E-state index contributed by atoms with van der Waals surface area (Å²) in [6, 6.07) is 0. The van der Waals surface area contributed by atoms with Crippen molar-refractivity contribution in [3.63, 3.8) is 0 Å². The lowest BCUT2D eigenvalue weighted by Crippen LogP contribution is -2.03. The first-order valence-electron chi connectivity index (χ1n) is 10.1. The topological polar surface area (TPSA) is 35.5 Å². The highest BCUT2D eigenvalue weighted by Crippen LogP contribution is 2.36. The van der Waals surface area contributed by atoms with Gasteiger partial charge in [0.25, 0.3) is 0 Å². The molecule has 0 aromatic heterocycles. The van der Waals surface area contributed by atoms with E-state index in [0.29, 0.717) is 37.2 Å². The standard InChI is InChI=1S/C20H35Cl4O3P/c1-5-15(21)9-11-19(13-17(23)7-3)26-28(25)27-20(14-18(24)8-4)12-10-16(22)6-2/h11-12,15-18,28H,5-10,13-14H2,1-4H3. The first kappa shape index (κ1) is 28.5. The monoisotopic (exact) mass is 494 g/mol. The van der Waals surface area contributed by atoms with Crippen LogP contribution in [0, 0.1) is 0 Å². The number of rotatable bonds is 16. The molecule has 8 heteroatoms. The van der Waals surface area contributed by atoms with Crippen molar-refractivity contribution in [1.29, 1.82) is 0 Å². The van der Waals surface area contributed by atoms with Crippen LogP contribution in [0.4, 0.5) is 0 Å². The van der Waals surface area contributed by atoms with Gasteiger partial charge in [-0.2, -0.15) is 0 Å². The molecular weight excluding hydrogens is 461 g/mol. The second kappa shape index (κ2) is 17.2. The van der Waals surface area contributed by atoms with Crippen molar-refractivity contribution in [2.75, 3.05) is 0 Å². The maximum Gasteiger partial charge on any atom is 0.418 e. The van der Waals surface area contributed by atoms with Crippen molar-refractivity contribution in [2.24, 2.45) is 0 Å². The third-order valence-electron chi connectivity index (χ3n) is 4.25. The van der Waals surface area contributed by atoms with Crippen LogP contribution in [0.2, 0.25) is 0 Å². The van der Waals surface area contributed by atoms with Gasteiger partial charge in [-0.25, -0.2) is 4.57 Å². The lowest BCUT2D eigenvalue weighted by molar-refractivity contribution is 0.297. The van der Waals surface area contributed by atoms with Gasteiger partial charge in [-0.3, -0.25) is 0 Å². The van der Waals surface area contributed by atoms with E-state index in [0.717, 1.165) is 25.7 Å². The summed E-state index contributed by atoms with van der Waals surface area (Å²) in [6.07, 6.45) is 9.20. The van der Waals surface area contributed by atoms with Crippen LogP contribution in [0.25, 0.3) is 0 Å². The Balaban J connectivity index is 5.10. The summed E-state index contributed by atoms with van der Waals surface area (Å²) < 4.78 is 23.8. The number of hydrogen-bond acceptors (Lipinski definition) is 3. The van der Waals surface area contributed by atoms with E-state index in [1.165, 1.54) is 0 Å². The highest BCUT2D eigenvalue weighted by Gasteiger charge is 2.15. The molecule has 166 valence electrons. The van der Waals surface area contributed by atoms with Gasteiger partial charge in [-0.05, 0) is 50.7 Å². The molecule has 0 rings (SSSR count). The molecule has 0 saturated heterocycles. The SMILES string of the molecule is CCC(Cl)CC=C(CC(Cl)CC)O[PH](=O)OC(=CCC(Cl)CC)CC(Cl)CC. The molecule has 0 spiro atoms. The summed E-state index contributed by atoms with van der Waals surface area (Å²) in [7, 11) is -2.79. The molecule has 0 bridgehead atoms. The second-order valence-corrected chi connectivity index (χ2v) is 10.1. The Kier molecular flexibility index (Phi) is 17.5. The van der Waals surface area contributed by atoms with Gasteiger partial charge in [-0.15, -0.1) is 46.4 Å². The third-order valence-corrected chi connectivity index (χ3v) is 7.01. The first-order valence-corrected chi connectivity index (χ1v) is 13.1. The van der Waals surface area contributed by atoms with Gasteiger partial charge in [0.05, 0.1) is 0 Å². The largest absolute Gasteiger partial charge is 0.423 e. The minimum absolute atomic E-state index is 0.00367. The summed E-state index contributed by atoms with van der Waals surface area (Å²) in [6.45, 7) is 8.02. The summed E-state index contributed by atoms with van der Waals surface area (Å²) >= 11 is 24.9. The molecular formula is C20H35Cl4O3P. The molecule has 0 N–H and O–H groups in total. The molecule has 0 saturated carbocycles. The fraction of sp³-hybridized carbons (Fsp3) is 0.800. The van der Waals surface area contributed by atoms with Crippen LogP contribution in [0.15, 0.2) is 23.7 Å². The second-order valence-electron chi connectivity index (χ2n) is 6.70. The van der Waals surface area contributed by atoms with Crippen molar-refractivity contribution < 1.29 is 13.6 Å². The van der Waals surface area contributed by atoms with E-state index < -0.39 is 8.25 Å². The maximum atomic E-state index is 12.5. The maximum absolute atomic E-state index is 12.5. The van der Waals surface area contributed by atoms with Gasteiger partial charge >= 0.3 is 8.25 Å². The number of halogens is 4. The zero-order chi connectivity index (χ0) is 21.5. The highest BCUT2D eigenvalue weighted by molar-refractivity contribution is 7.33. The van der Waals surface area contributed by atoms with Crippen molar-refractivity contribution in [3.05, 3.63) is 23.7 Å². The van der Waals surface area contributed by atoms with Crippen molar-refractivity contribution in [3.8, 4) is 0 Å². The summed E-state index contributed by atoms with van der Waals surface area (Å²) in [4.78, 5) is 0. The molecule has 0 aliphatic carbocycles. The zero-order valence-electron chi connectivity index (χ0n) is 17.4. The Morgan fingerprint density at radius 3 is 1.32 bits per heavy atom. The minimum atomic E-state index is -2.79. The molecule has 0 aliphatic heterocycles. The third kappa shape index (κ3) is 14.5. The van der Waals surface area contributed by atoms with Crippen molar-refractivity contribution in [1.82, 2.24) is 0 Å². The fourth-order valence-corrected chi connectivity index (χ4v) is 3.43. The van der Waals surface area contributed by atoms with Gasteiger partial charge in [-0.1, -0.05) is 27.7 Å². The van der Waals surface area contributed by atoms with E-state index in [4.69, 9.17) is 55.5 Å². The molecule has 4 unspecified atom stereocenters. The van der Waals surface area contributed by atoms with E-state index >= 15 is 0 Å². The van der Waals surface area contributed by atoms with Crippen molar-refractivity contribution in [2.45, 2.75) is 101 Å². The zero-order valence-corrected chi connectivity index (χ0v) is 21.4. The first-order chi connectivity index (χ1) is 13.2. The molecule has 0 aromatic rings. The minimum Gasteiger partial charge on any atom is -0.423 e. The lowest BCUT2D eigenvalue weighted by atomic mass is 10.1. The Bertz CT molecular complexity index is 458. The van der Waals surface area contributed by atoms with E-state index in [2.05, 4.69) is 0 Å². The van der Waals surface area contributed by atoms with Gasteiger partial charge in [0.15, 0.2) is 0 Å². The average molecular weight is 496 g/mol. The molecule has 0 radical (unpaired) electrons. The van der Waals surface area contributed by atoms with Gasteiger partial charge in [0.1, 0.15) is 11.5 Å². The van der Waals surface area contributed by atoms with Gasteiger partial charge in [0.2, 0.25) is 0 Å². The van der Waals surface area contributed by atoms with Crippen LogP contribution in [0.1, 0.15) is 79.1 Å². The van der Waals surface area contributed by atoms with Crippen LogP contribution in [0.5, 0.6) is 0 Å². The quantitative estimate of drug-likeness (QED) is 0.122. The molecule has 0 heterocycles. The van der Waals surface area contributed by atoms with E-state index in [1.54, 1.807) is 0 Å². The normalized spacial score (nSPS) is 18.3. The predicted octanol–water partition coefficient (Wildman–Crippen LogP) is 8.81. The molecule has 0 aliphatic rings. The Labute approximate surface area is 192 Å². The van der Waals surface area contributed by atoms with Crippen LogP contribution < -0.4 is 0 Å². The summed E-state index contributed by atoms with van der Waals surface area (Å²) in [5.41, 5.74) is 0. The van der Waals surface area contributed by atoms with Gasteiger partial charge < -0.3 is 9.05 Å². The Morgan fingerprint density at radius 1 is 0.714 bits per heavy atom. The molecule has 3 nitrogen and oxygen atoms in total. The van der Waals surface area contributed by atoms with E-state index in [9.17, 15) is 4.57 Å². The van der Waals surface area contributed by atoms with Crippen LogP contribution in [-0.2, 0) is 13.6 Å². The predicted molar refractivity (Wildman–Crippen MR) is 126 cm³/mol. The lowest BCUT2D eigenvalue weighted by Gasteiger charge is -2.17. The molecule has 0 fully saturated rings. The highest BCUT2D eigenvalue weighted by atomic mass is 35.5. The number of allylic oxidation sites excluding steroid dienone is 4. The number of alkyl halides is 4. The smallest absolute Gasteiger partial charge is 0.418 e. The summed E-state index contributed by atoms with van der Waals surface area (Å²) in [5, 5.41) is -0.186. The average Bonchev–Trinajstić information content (AvgIpc) is 2.68. The van der Waals surface area contributed by atoms with Crippen LogP contribution in [-0.4, -0.2) is 21.5 Å². The van der Waals surface area contributed by atoms with E-state index in [-0.39, 0.29) is 21.5 Å². The molecule has 0 aromatic carbocycles.